The van der Waals surface area contributed by atoms with Gasteiger partial charge in [-0.15, -0.1) is 11.8 Å². The predicted octanol–water partition coefficient (Wildman–Crippen LogP) is 2.72. The Hall–Kier alpha value is -1.59. The molecule has 1 aliphatic rings. The van der Waals surface area contributed by atoms with E-state index in [-0.39, 0.29) is 27.9 Å². The third kappa shape index (κ3) is 2.72. The molecule has 0 atom stereocenters. The Morgan fingerprint density at radius 2 is 1.74 bits per heavy atom. The molecule has 0 fully saturated rings. The molecule has 19 heavy (non-hydrogen) atoms. The number of ketones is 2. The van der Waals surface area contributed by atoms with Crippen LogP contribution in [0.5, 0.6) is 0 Å². The number of carboxylic acid groups (broad SMARTS) is 1. The highest BCUT2D eigenvalue weighted by Crippen LogP contribution is 2.34. The van der Waals surface area contributed by atoms with Crippen molar-refractivity contribution in [2.45, 2.75) is 6.42 Å². The number of allylic oxidation sites excluding steroid dienone is 2. The Bertz CT molecular complexity index is 606. The first-order valence-electron chi connectivity index (χ1n) is 5.45. The first-order valence-corrected chi connectivity index (χ1v) is 6.81. The smallest absolute Gasteiger partial charge is 0.304 e. The van der Waals surface area contributed by atoms with Crippen LogP contribution in [0.15, 0.2) is 34.2 Å². The quantitative estimate of drug-likeness (QED) is 0.925. The number of hydrogen-bond acceptors (Lipinski definition) is 4. The van der Waals surface area contributed by atoms with Crippen LogP contribution in [-0.2, 0) is 4.79 Å². The van der Waals surface area contributed by atoms with Crippen LogP contribution in [0.3, 0.4) is 0 Å². The number of benzene rings is 1. The van der Waals surface area contributed by atoms with Gasteiger partial charge in [0.25, 0.3) is 0 Å². The van der Waals surface area contributed by atoms with E-state index in [0.29, 0.717) is 11.1 Å². The Labute approximate surface area is 118 Å². The second-order valence-electron chi connectivity index (χ2n) is 3.84. The van der Waals surface area contributed by atoms with Crippen molar-refractivity contribution >= 4 is 40.9 Å². The highest BCUT2D eigenvalue weighted by Gasteiger charge is 2.31. The molecule has 0 saturated carbocycles. The Balaban J connectivity index is 2.29. The molecule has 0 radical (unpaired) electrons. The van der Waals surface area contributed by atoms with Crippen molar-refractivity contribution in [2.75, 3.05) is 5.75 Å². The van der Waals surface area contributed by atoms with Gasteiger partial charge in [0.15, 0.2) is 0 Å². The number of Topliss-reactive ketones (excluding diaryl/α,β-unsaturated/α-hetero) is 2. The van der Waals surface area contributed by atoms with Crippen LogP contribution >= 0.6 is 23.4 Å². The number of halogens is 1. The molecule has 6 heteroatoms. The standard InChI is InChI=1S/C13H9ClO4S/c14-10-11(17)7-3-1-2-4-8(7)12(18)13(10)19-6-5-9(15)16/h1-4H,5-6H2,(H,15,16). The maximum absolute atomic E-state index is 12.2. The lowest BCUT2D eigenvalue weighted by atomic mass is 9.95. The van der Waals surface area contributed by atoms with Gasteiger partial charge in [-0.3, -0.25) is 14.4 Å². The normalized spacial score (nSPS) is 14.6. The number of fused-ring (bicyclic) bond motifs is 1. The van der Waals surface area contributed by atoms with Gasteiger partial charge in [0.2, 0.25) is 11.6 Å². The van der Waals surface area contributed by atoms with E-state index < -0.39 is 11.8 Å². The summed E-state index contributed by atoms with van der Waals surface area (Å²) in [6.07, 6.45) is -0.0958. The lowest BCUT2D eigenvalue weighted by Gasteiger charge is -2.16. The van der Waals surface area contributed by atoms with Crippen molar-refractivity contribution in [2.24, 2.45) is 0 Å². The predicted molar refractivity (Wildman–Crippen MR) is 72.7 cm³/mol. The minimum atomic E-state index is -0.959. The molecular weight excluding hydrogens is 288 g/mol. The van der Waals surface area contributed by atoms with Crippen LogP contribution in [0.4, 0.5) is 0 Å². The molecule has 0 aromatic heterocycles. The third-order valence-corrected chi connectivity index (χ3v) is 4.14. The second kappa shape index (κ2) is 5.59. The van der Waals surface area contributed by atoms with Gasteiger partial charge in [0, 0.05) is 16.9 Å². The number of rotatable bonds is 4. The van der Waals surface area contributed by atoms with E-state index in [9.17, 15) is 14.4 Å². The van der Waals surface area contributed by atoms with E-state index in [0.717, 1.165) is 11.8 Å². The molecule has 1 N–H and O–H groups in total. The number of carboxylic acids is 1. The number of carbonyl (C=O) groups is 3. The van der Waals surface area contributed by atoms with Crippen LogP contribution in [0, 0.1) is 0 Å². The summed E-state index contributed by atoms with van der Waals surface area (Å²) < 4.78 is 0. The van der Waals surface area contributed by atoms with Crippen molar-refractivity contribution in [1.82, 2.24) is 0 Å². The SMILES string of the molecule is O=C(O)CCSC1=C(Cl)C(=O)c2ccccc2C1=O. The molecule has 0 spiro atoms. The van der Waals surface area contributed by atoms with Gasteiger partial charge in [0.1, 0.15) is 5.03 Å². The highest BCUT2D eigenvalue weighted by atomic mass is 35.5. The topological polar surface area (TPSA) is 71.4 Å². The van der Waals surface area contributed by atoms with Crippen molar-refractivity contribution in [3.8, 4) is 0 Å². The van der Waals surface area contributed by atoms with E-state index in [2.05, 4.69) is 0 Å². The highest BCUT2D eigenvalue weighted by molar-refractivity contribution is 8.04. The molecule has 1 aromatic carbocycles. The lowest BCUT2D eigenvalue weighted by Crippen LogP contribution is -2.18. The lowest BCUT2D eigenvalue weighted by molar-refractivity contribution is -0.136. The summed E-state index contributed by atoms with van der Waals surface area (Å²) in [5.41, 5.74) is 0.606. The van der Waals surface area contributed by atoms with Crippen LogP contribution in [-0.4, -0.2) is 28.4 Å². The van der Waals surface area contributed by atoms with Crippen LogP contribution in [0.2, 0.25) is 0 Å². The largest absolute Gasteiger partial charge is 0.481 e. The minimum Gasteiger partial charge on any atom is -0.481 e. The first-order chi connectivity index (χ1) is 9.02. The Morgan fingerprint density at radius 3 is 2.32 bits per heavy atom. The summed E-state index contributed by atoms with van der Waals surface area (Å²) in [6, 6.07) is 6.45. The molecule has 0 heterocycles. The molecule has 0 unspecified atom stereocenters. The van der Waals surface area contributed by atoms with Crippen molar-refractivity contribution in [3.63, 3.8) is 0 Å². The number of carbonyl (C=O) groups excluding carboxylic acids is 2. The summed E-state index contributed by atoms with van der Waals surface area (Å²) in [5, 5.41) is 8.44. The van der Waals surface area contributed by atoms with Gasteiger partial charge in [0.05, 0.1) is 11.3 Å². The van der Waals surface area contributed by atoms with E-state index in [1.165, 1.54) is 0 Å². The van der Waals surface area contributed by atoms with Crippen LogP contribution in [0.1, 0.15) is 27.1 Å². The van der Waals surface area contributed by atoms with Crippen molar-refractivity contribution in [3.05, 3.63) is 45.3 Å². The average molecular weight is 297 g/mol. The van der Waals surface area contributed by atoms with E-state index >= 15 is 0 Å². The molecular formula is C13H9ClO4S. The second-order valence-corrected chi connectivity index (χ2v) is 5.32. The fourth-order valence-electron chi connectivity index (χ4n) is 1.69. The molecule has 0 bridgehead atoms. The maximum atomic E-state index is 12.2. The van der Waals surface area contributed by atoms with Gasteiger partial charge in [-0.1, -0.05) is 35.9 Å². The Morgan fingerprint density at radius 1 is 1.16 bits per heavy atom. The van der Waals surface area contributed by atoms with Crippen LogP contribution < -0.4 is 0 Å². The summed E-state index contributed by atoms with van der Waals surface area (Å²) in [6.45, 7) is 0. The zero-order valence-electron chi connectivity index (χ0n) is 9.68. The van der Waals surface area contributed by atoms with E-state index in [1.807, 2.05) is 0 Å². The molecule has 4 nitrogen and oxygen atoms in total. The fraction of sp³-hybridized carbons (Fsp3) is 0.154. The van der Waals surface area contributed by atoms with E-state index in [1.54, 1.807) is 24.3 Å². The number of thioether (sulfide) groups is 1. The van der Waals surface area contributed by atoms with Gasteiger partial charge in [-0.05, 0) is 0 Å². The van der Waals surface area contributed by atoms with Crippen molar-refractivity contribution < 1.29 is 19.5 Å². The third-order valence-electron chi connectivity index (χ3n) is 2.58. The van der Waals surface area contributed by atoms with Gasteiger partial charge < -0.3 is 5.11 Å². The summed E-state index contributed by atoms with van der Waals surface area (Å²) in [7, 11) is 0. The van der Waals surface area contributed by atoms with Crippen LogP contribution in [0.25, 0.3) is 0 Å². The monoisotopic (exact) mass is 296 g/mol. The number of hydrogen-bond donors (Lipinski definition) is 1. The summed E-state index contributed by atoms with van der Waals surface area (Å²) in [5.74, 6) is -1.48. The van der Waals surface area contributed by atoms with Gasteiger partial charge >= 0.3 is 5.97 Å². The molecule has 1 aliphatic carbocycles. The zero-order valence-corrected chi connectivity index (χ0v) is 11.3. The molecule has 0 amide bonds. The minimum absolute atomic E-state index is 0.0958. The van der Waals surface area contributed by atoms with Gasteiger partial charge in [-0.2, -0.15) is 0 Å². The molecule has 2 rings (SSSR count). The fourth-order valence-corrected chi connectivity index (χ4v) is 2.98. The summed E-state index contributed by atoms with van der Waals surface area (Å²) >= 11 is 6.92. The molecule has 98 valence electrons. The Kier molecular flexibility index (Phi) is 4.07. The maximum Gasteiger partial charge on any atom is 0.304 e. The number of aliphatic carboxylic acids is 1. The zero-order chi connectivity index (χ0) is 14.0. The first kappa shape index (κ1) is 13.8. The molecule has 0 saturated heterocycles. The molecule has 1 aromatic rings. The average Bonchev–Trinajstić information content (AvgIpc) is 2.40. The van der Waals surface area contributed by atoms with Gasteiger partial charge in [-0.25, -0.2) is 0 Å². The van der Waals surface area contributed by atoms with Crippen molar-refractivity contribution in [1.29, 1.82) is 0 Å². The summed E-state index contributed by atoms with van der Waals surface area (Å²) in [4.78, 5) is 34.8. The molecule has 0 aliphatic heterocycles. The van der Waals surface area contributed by atoms with E-state index in [4.69, 9.17) is 16.7 Å².